The van der Waals surface area contributed by atoms with Crippen molar-refractivity contribution >= 4 is 6.08 Å². The summed E-state index contributed by atoms with van der Waals surface area (Å²) < 4.78 is 0. The summed E-state index contributed by atoms with van der Waals surface area (Å²) in [5.41, 5.74) is 2.28. The molecule has 1 aromatic rings. The van der Waals surface area contributed by atoms with Crippen LogP contribution in [0.4, 0.5) is 0 Å². The second kappa shape index (κ2) is 4.41. The van der Waals surface area contributed by atoms with E-state index in [1.807, 2.05) is 37.3 Å². The van der Waals surface area contributed by atoms with E-state index in [4.69, 9.17) is 6.42 Å². The summed E-state index contributed by atoms with van der Waals surface area (Å²) in [4.78, 5) is 0. The third-order valence-corrected chi connectivity index (χ3v) is 1.50. The first-order valence-corrected chi connectivity index (χ1v) is 3.85. The van der Waals surface area contributed by atoms with Crippen molar-refractivity contribution in [3.05, 3.63) is 47.9 Å². The van der Waals surface area contributed by atoms with Crippen molar-refractivity contribution < 1.29 is 0 Å². The fourth-order valence-corrected chi connectivity index (χ4v) is 0.985. The fourth-order valence-electron chi connectivity index (χ4n) is 0.985. The molecule has 0 atom stereocenters. The molecule has 0 aromatic heterocycles. The van der Waals surface area contributed by atoms with Gasteiger partial charge in [0.05, 0.1) is 6.42 Å². The van der Waals surface area contributed by atoms with Gasteiger partial charge in [-0.05, 0) is 12.5 Å². The Morgan fingerprint density at radius 1 is 1.33 bits per heavy atom. The van der Waals surface area contributed by atoms with Crippen LogP contribution in [0.25, 0.3) is 6.08 Å². The molecule has 0 amide bonds. The average Bonchev–Trinajstić information content (AvgIpc) is 2.06. The van der Waals surface area contributed by atoms with Gasteiger partial charge in [-0.3, -0.25) is 0 Å². The van der Waals surface area contributed by atoms with Crippen molar-refractivity contribution in [1.82, 2.24) is 0 Å². The molecule has 0 bridgehead atoms. The van der Waals surface area contributed by atoms with Crippen molar-refractivity contribution in [2.75, 3.05) is 0 Å². The molecule has 0 nitrogen and oxygen atoms in total. The molecule has 1 rings (SSSR count). The topological polar surface area (TPSA) is 0 Å². The molecule has 0 aliphatic carbocycles. The monoisotopic (exact) mass is 155 g/mol. The van der Waals surface area contributed by atoms with Gasteiger partial charge < -0.3 is 0 Å². The molecule has 0 spiro atoms. The van der Waals surface area contributed by atoms with Gasteiger partial charge in [0.2, 0.25) is 0 Å². The number of rotatable bonds is 2. The molecule has 0 aliphatic heterocycles. The smallest absolute Gasteiger partial charge is 0.0585 e. The first-order chi connectivity index (χ1) is 5.83. The second-order valence-corrected chi connectivity index (χ2v) is 2.61. The molecule has 1 radical (unpaired) electrons. The summed E-state index contributed by atoms with van der Waals surface area (Å²) in [5.74, 6) is 2.49. The number of hydrogen-bond donors (Lipinski definition) is 0. The van der Waals surface area contributed by atoms with Crippen LogP contribution in [0, 0.1) is 18.8 Å². The SMILES string of the molecule is C#C[CH]C(C)=Cc1ccccc1. The van der Waals surface area contributed by atoms with Gasteiger partial charge in [-0.2, -0.15) is 0 Å². The largest absolute Gasteiger partial charge is 0.119 e. The quantitative estimate of drug-likeness (QED) is 0.576. The van der Waals surface area contributed by atoms with Crippen molar-refractivity contribution in [1.29, 1.82) is 0 Å². The second-order valence-electron chi connectivity index (χ2n) is 2.61. The molecular weight excluding hydrogens is 144 g/mol. The molecule has 12 heavy (non-hydrogen) atoms. The minimum atomic E-state index is 1.10. The van der Waals surface area contributed by atoms with E-state index in [1.54, 1.807) is 6.42 Å². The van der Waals surface area contributed by atoms with Gasteiger partial charge in [0, 0.05) is 0 Å². The summed E-state index contributed by atoms with van der Waals surface area (Å²) in [7, 11) is 0. The maximum absolute atomic E-state index is 5.14. The lowest BCUT2D eigenvalue weighted by molar-refractivity contribution is 1.49. The zero-order valence-electron chi connectivity index (χ0n) is 7.12. The Balaban J connectivity index is 2.76. The highest BCUT2D eigenvalue weighted by Crippen LogP contribution is 2.07. The third kappa shape index (κ3) is 2.64. The van der Waals surface area contributed by atoms with Crippen LogP contribution in [-0.4, -0.2) is 0 Å². The van der Waals surface area contributed by atoms with Gasteiger partial charge in [-0.15, -0.1) is 6.42 Å². The average molecular weight is 155 g/mol. The Morgan fingerprint density at radius 2 is 2.00 bits per heavy atom. The Hall–Kier alpha value is -1.48. The normalized spacial score (nSPS) is 10.8. The Bertz CT molecular complexity index is 299. The first-order valence-electron chi connectivity index (χ1n) is 3.85. The summed E-state index contributed by atoms with van der Waals surface area (Å²) >= 11 is 0. The van der Waals surface area contributed by atoms with Gasteiger partial charge in [0.15, 0.2) is 0 Å². The number of benzene rings is 1. The Morgan fingerprint density at radius 3 is 2.58 bits per heavy atom. The standard InChI is InChI=1S/C12H11/c1-3-7-11(2)10-12-8-5-4-6-9-12/h1,4-10H,2H3. The van der Waals surface area contributed by atoms with Crippen LogP contribution in [0.1, 0.15) is 12.5 Å². The molecule has 0 heterocycles. The minimum absolute atomic E-state index is 1.10. The predicted octanol–water partition coefficient (Wildman–Crippen LogP) is 2.93. The van der Waals surface area contributed by atoms with Crippen LogP contribution in [0.5, 0.6) is 0 Å². The first kappa shape index (κ1) is 8.62. The van der Waals surface area contributed by atoms with E-state index in [9.17, 15) is 0 Å². The number of hydrogen-bond acceptors (Lipinski definition) is 0. The van der Waals surface area contributed by atoms with E-state index >= 15 is 0 Å². The summed E-state index contributed by atoms with van der Waals surface area (Å²) in [6.07, 6.45) is 8.95. The van der Waals surface area contributed by atoms with E-state index < -0.39 is 0 Å². The molecule has 0 N–H and O–H groups in total. The highest BCUT2D eigenvalue weighted by molar-refractivity contribution is 5.55. The van der Waals surface area contributed by atoms with Gasteiger partial charge in [-0.1, -0.05) is 47.9 Å². The molecule has 0 saturated heterocycles. The zero-order chi connectivity index (χ0) is 8.81. The highest BCUT2D eigenvalue weighted by Gasteiger charge is 1.87. The maximum Gasteiger partial charge on any atom is 0.0585 e. The number of terminal acetylenes is 1. The number of allylic oxidation sites excluding steroid dienone is 1. The molecule has 59 valence electrons. The van der Waals surface area contributed by atoms with Crippen LogP contribution >= 0.6 is 0 Å². The molecule has 0 fully saturated rings. The van der Waals surface area contributed by atoms with Crippen LogP contribution in [0.15, 0.2) is 35.9 Å². The molecule has 0 aliphatic rings. The fraction of sp³-hybridized carbons (Fsp3) is 0.0833. The lowest BCUT2D eigenvalue weighted by Gasteiger charge is -1.94. The van der Waals surface area contributed by atoms with Gasteiger partial charge in [0.25, 0.3) is 0 Å². The lowest BCUT2D eigenvalue weighted by Crippen LogP contribution is -1.75. The maximum atomic E-state index is 5.14. The zero-order valence-corrected chi connectivity index (χ0v) is 7.12. The van der Waals surface area contributed by atoms with Crippen molar-refractivity contribution in [2.45, 2.75) is 6.92 Å². The lowest BCUT2D eigenvalue weighted by atomic mass is 10.1. The van der Waals surface area contributed by atoms with E-state index in [-0.39, 0.29) is 0 Å². The van der Waals surface area contributed by atoms with Gasteiger partial charge in [0.1, 0.15) is 0 Å². The molecule has 0 heteroatoms. The highest BCUT2D eigenvalue weighted by atomic mass is 13.9. The third-order valence-electron chi connectivity index (χ3n) is 1.50. The molecule has 0 unspecified atom stereocenters. The summed E-state index contributed by atoms with van der Waals surface area (Å²) in [5, 5.41) is 0. The van der Waals surface area contributed by atoms with Crippen molar-refractivity contribution in [2.24, 2.45) is 0 Å². The van der Waals surface area contributed by atoms with E-state index in [0.29, 0.717) is 0 Å². The molecule has 0 saturated carbocycles. The van der Waals surface area contributed by atoms with Gasteiger partial charge in [-0.25, -0.2) is 0 Å². The molecule has 1 aromatic carbocycles. The van der Waals surface area contributed by atoms with E-state index in [1.165, 1.54) is 5.56 Å². The predicted molar refractivity (Wildman–Crippen MR) is 53.2 cm³/mol. The summed E-state index contributed by atoms with van der Waals surface area (Å²) in [6, 6.07) is 10.1. The van der Waals surface area contributed by atoms with Crippen molar-refractivity contribution in [3.8, 4) is 12.3 Å². The molecular formula is C12H11. The summed E-state index contributed by atoms with van der Waals surface area (Å²) in [6.45, 7) is 1.99. The van der Waals surface area contributed by atoms with E-state index in [0.717, 1.165) is 5.57 Å². The Kier molecular flexibility index (Phi) is 3.17. The van der Waals surface area contributed by atoms with E-state index in [2.05, 4.69) is 12.0 Å². The minimum Gasteiger partial charge on any atom is -0.119 e. The van der Waals surface area contributed by atoms with Crippen LogP contribution in [0.2, 0.25) is 0 Å². The Labute approximate surface area is 73.9 Å². The van der Waals surface area contributed by atoms with Gasteiger partial charge >= 0.3 is 0 Å². The van der Waals surface area contributed by atoms with Crippen LogP contribution in [-0.2, 0) is 0 Å². The van der Waals surface area contributed by atoms with Crippen molar-refractivity contribution in [3.63, 3.8) is 0 Å². The van der Waals surface area contributed by atoms with Crippen LogP contribution < -0.4 is 0 Å². The van der Waals surface area contributed by atoms with Crippen LogP contribution in [0.3, 0.4) is 0 Å².